The molecule has 0 atom stereocenters. The average Bonchev–Trinajstić information content (AvgIpc) is 2.78. The summed E-state index contributed by atoms with van der Waals surface area (Å²) in [5, 5.41) is 3.22. The summed E-state index contributed by atoms with van der Waals surface area (Å²) in [6, 6.07) is 4.99. The molecule has 0 aliphatic carbocycles. The summed E-state index contributed by atoms with van der Waals surface area (Å²) in [6.07, 6.45) is 1.03. The third-order valence-electron chi connectivity index (χ3n) is 2.46. The van der Waals surface area contributed by atoms with Gasteiger partial charge in [-0.15, -0.1) is 0 Å². The molecule has 0 saturated heterocycles. The number of anilines is 1. The lowest BCUT2D eigenvalue weighted by Gasteiger charge is -2.04. The predicted octanol–water partition coefficient (Wildman–Crippen LogP) is 3.47. The van der Waals surface area contributed by atoms with Crippen LogP contribution >= 0.6 is 11.7 Å². The molecule has 1 aromatic carbocycles. The lowest BCUT2D eigenvalue weighted by atomic mass is 10.1. The maximum Gasteiger partial charge on any atom is 0.168 e. The number of rotatable bonds is 4. The van der Waals surface area contributed by atoms with Gasteiger partial charge in [-0.2, -0.15) is 8.75 Å². The minimum absolute atomic E-state index is 0.194. The Kier molecular flexibility index (Phi) is 3.68. The number of nitrogens with one attached hydrogen (secondary N) is 1. The number of halogens is 1. The third-order valence-corrected chi connectivity index (χ3v) is 2.99. The Morgan fingerprint density at radius 1 is 1.35 bits per heavy atom. The largest absolute Gasteiger partial charge is 0.367 e. The minimum atomic E-state index is -0.194. The van der Waals surface area contributed by atoms with Crippen molar-refractivity contribution in [2.75, 3.05) is 11.9 Å². The fraction of sp³-hybridized carbons (Fsp3) is 0.333. The first kappa shape index (κ1) is 12.0. The highest BCUT2D eigenvalue weighted by molar-refractivity contribution is 6.99. The Morgan fingerprint density at radius 2 is 2.18 bits per heavy atom. The summed E-state index contributed by atoms with van der Waals surface area (Å²) in [7, 11) is 0. The van der Waals surface area contributed by atoms with Crippen molar-refractivity contribution >= 4 is 17.5 Å². The molecule has 0 aliphatic heterocycles. The van der Waals surface area contributed by atoms with Gasteiger partial charge in [-0.25, -0.2) is 4.39 Å². The second-order valence-electron chi connectivity index (χ2n) is 3.85. The normalized spacial score (nSPS) is 10.5. The van der Waals surface area contributed by atoms with Gasteiger partial charge < -0.3 is 5.32 Å². The highest BCUT2D eigenvalue weighted by Gasteiger charge is 2.10. The van der Waals surface area contributed by atoms with Gasteiger partial charge in [0.05, 0.1) is 11.7 Å². The van der Waals surface area contributed by atoms with Crippen LogP contribution in [0.5, 0.6) is 0 Å². The van der Waals surface area contributed by atoms with Crippen molar-refractivity contribution < 1.29 is 4.39 Å². The molecule has 3 nitrogen and oxygen atoms in total. The van der Waals surface area contributed by atoms with E-state index in [0.717, 1.165) is 30.0 Å². The van der Waals surface area contributed by atoms with Gasteiger partial charge in [0.25, 0.3) is 0 Å². The van der Waals surface area contributed by atoms with Gasteiger partial charge in [-0.1, -0.05) is 6.92 Å². The van der Waals surface area contributed by atoms with E-state index in [0.29, 0.717) is 5.56 Å². The second-order valence-corrected chi connectivity index (χ2v) is 4.38. The van der Waals surface area contributed by atoms with Gasteiger partial charge in [-0.3, -0.25) is 0 Å². The van der Waals surface area contributed by atoms with E-state index in [1.54, 1.807) is 19.1 Å². The van der Waals surface area contributed by atoms with Crippen LogP contribution in [0.4, 0.5) is 10.2 Å². The highest BCUT2D eigenvalue weighted by atomic mass is 32.1. The first-order valence-electron chi connectivity index (χ1n) is 5.55. The summed E-state index contributed by atoms with van der Waals surface area (Å²) >= 11 is 1.17. The number of nitrogens with zero attached hydrogens (tertiary/aromatic N) is 2. The van der Waals surface area contributed by atoms with E-state index in [-0.39, 0.29) is 5.82 Å². The van der Waals surface area contributed by atoms with Crippen LogP contribution in [0.25, 0.3) is 11.3 Å². The average molecular weight is 251 g/mol. The number of aromatic nitrogens is 2. The molecular formula is C12H14FN3S. The molecule has 90 valence electrons. The summed E-state index contributed by atoms with van der Waals surface area (Å²) in [4.78, 5) is 0. The Hall–Kier alpha value is -1.49. The van der Waals surface area contributed by atoms with Crippen LogP contribution < -0.4 is 5.32 Å². The van der Waals surface area contributed by atoms with E-state index >= 15 is 0 Å². The molecule has 0 aliphatic rings. The molecule has 1 N–H and O–H groups in total. The van der Waals surface area contributed by atoms with Gasteiger partial charge in [0, 0.05) is 12.1 Å². The number of hydrogen-bond donors (Lipinski definition) is 1. The standard InChI is InChI=1S/C12H14FN3S/c1-3-6-14-12-11(15-17-16-12)9-4-5-10(13)8(2)7-9/h4-5,7H,3,6H2,1-2H3,(H,14,16). The van der Waals surface area contributed by atoms with E-state index in [4.69, 9.17) is 0 Å². The van der Waals surface area contributed by atoms with Crippen molar-refractivity contribution in [3.8, 4) is 11.3 Å². The number of benzene rings is 1. The minimum Gasteiger partial charge on any atom is -0.367 e. The molecule has 0 spiro atoms. The quantitative estimate of drug-likeness (QED) is 0.904. The summed E-state index contributed by atoms with van der Waals surface area (Å²) in [6.45, 7) is 4.70. The number of aryl methyl sites for hydroxylation is 1. The summed E-state index contributed by atoms with van der Waals surface area (Å²) in [5.74, 6) is 0.586. The van der Waals surface area contributed by atoms with E-state index in [1.807, 2.05) is 0 Å². The molecule has 1 heterocycles. The Labute approximate surface area is 104 Å². The zero-order chi connectivity index (χ0) is 12.3. The van der Waals surface area contributed by atoms with Crippen molar-refractivity contribution in [1.29, 1.82) is 0 Å². The van der Waals surface area contributed by atoms with Gasteiger partial charge in [0.1, 0.15) is 11.5 Å². The van der Waals surface area contributed by atoms with Gasteiger partial charge in [0.2, 0.25) is 0 Å². The molecule has 2 aromatic rings. The molecule has 0 amide bonds. The maximum atomic E-state index is 13.2. The molecule has 2 rings (SSSR count). The van der Waals surface area contributed by atoms with Crippen LogP contribution in [0, 0.1) is 12.7 Å². The SMILES string of the molecule is CCCNc1nsnc1-c1ccc(F)c(C)c1. The first-order chi connectivity index (χ1) is 8.22. The van der Waals surface area contributed by atoms with Crippen LogP contribution in [0.15, 0.2) is 18.2 Å². The fourth-order valence-electron chi connectivity index (χ4n) is 1.53. The number of hydrogen-bond acceptors (Lipinski definition) is 4. The van der Waals surface area contributed by atoms with Crippen LogP contribution in [0.3, 0.4) is 0 Å². The lowest BCUT2D eigenvalue weighted by molar-refractivity contribution is 0.619. The van der Waals surface area contributed by atoms with Gasteiger partial charge in [0.15, 0.2) is 5.82 Å². The molecule has 0 fully saturated rings. The van der Waals surface area contributed by atoms with Crippen LogP contribution in [-0.2, 0) is 0 Å². The predicted molar refractivity (Wildman–Crippen MR) is 68.8 cm³/mol. The molecule has 1 aromatic heterocycles. The smallest absolute Gasteiger partial charge is 0.168 e. The third kappa shape index (κ3) is 2.61. The molecule has 0 unspecified atom stereocenters. The zero-order valence-corrected chi connectivity index (χ0v) is 10.6. The van der Waals surface area contributed by atoms with Gasteiger partial charge in [-0.05, 0) is 37.1 Å². The molecule has 5 heteroatoms. The van der Waals surface area contributed by atoms with E-state index < -0.39 is 0 Å². The van der Waals surface area contributed by atoms with Crippen LogP contribution in [0.1, 0.15) is 18.9 Å². The Balaban J connectivity index is 2.32. The lowest BCUT2D eigenvalue weighted by Crippen LogP contribution is -2.01. The molecule has 17 heavy (non-hydrogen) atoms. The van der Waals surface area contributed by atoms with Crippen molar-refractivity contribution in [2.24, 2.45) is 0 Å². The van der Waals surface area contributed by atoms with E-state index in [2.05, 4.69) is 21.0 Å². The first-order valence-corrected chi connectivity index (χ1v) is 6.28. The highest BCUT2D eigenvalue weighted by Crippen LogP contribution is 2.27. The zero-order valence-electron chi connectivity index (χ0n) is 9.83. The monoisotopic (exact) mass is 251 g/mol. The van der Waals surface area contributed by atoms with Crippen LogP contribution in [-0.4, -0.2) is 15.3 Å². The maximum absolute atomic E-state index is 13.2. The Morgan fingerprint density at radius 3 is 2.88 bits per heavy atom. The molecule has 0 bridgehead atoms. The summed E-state index contributed by atoms with van der Waals surface area (Å²) in [5.41, 5.74) is 2.32. The van der Waals surface area contributed by atoms with Crippen molar-refractivity contribution in [3.05, 3.63) is 29.6 Å². The topological polar surface area (TPSA) is 37.8 Å². The van der Waals surface area contributed by atoms with Crippen molar-refractivity contribution in [2.45, 2.75) is 20.3 Å². The Bertz CT molecular complexity index is 510. The van der Waals surface area contributed by atoms with Crippen LogP contribution in [0.2, 0.25) is 0 Å². The molecule has 0 radical (unpaired) electrons. The van der Waals surface area contributed by atoms with E-state index in [9.17, 15) is 4.39 Å². The molecular weight excluding hydrogens is 237 g/mol. The van der Waals surface area contributed by atoms with Crippen molar-refractivity contribution in [1.82, 2.24) is 8.75 Å². The van der Waals surface area contributed by atoms with Crippen molar-refractivity contribution in [3.63, 3.8) is 0 Å². The summed E-state index contributed by atoms with van der Waals surface area (Å²) < 4.78 is 21.7. The van der Waals surface area contributed by atoms with Gasteiger partial charge >= 0.3 is 0 Å². The second kappa shape index (κ2) is 5.23. The fourth-order valence-corrected chi connectivity index (χ4v) is 2.08. The van der Waals surface area contributed by atoms with E-state index in [1.165, 1.54) is 17.8 Å². The molecule has 0 saturated carbocycles.